The molecule has 0 aromatic heterocycles. The van der Waals surface area contributed by atoms with E-state index in [-0.39, 0.29) is 12.1 Å². The van der Waals surface area contributed by atoms with Crippen LogP contribution in [0.2, 0.25) is 0 Å². The number of aliphatic hydroxyl groups is 1. The minimum Gasteiger partial charge on any atom is -0.387 e. The number of nitrogens with one attached hydrogen (secondary N) is 1. The van der Waals surface area contributed by atoms with Gasteiger partial charge in [0.25, 0.3) is 0 Å². The number of benzene rings is 1. The zero-order valence-electron chi connectivity index (χ0n) is 9.63. The van der Waals surface area contributed by atoms with E-state index in [9.17, 15) is 13.9 Å². The van der Waals surface area contributed by atoms with Gasteiger partial charge in [-0.05, 0) is 19.1 Å². The van der Waals surface area contributed by atoms with Crippen LogP contribution in [0.4, 0.5) is 8.78 Å². The van der Waals surface area contributed by atoms with Gasteiger partial charge in [0, 0.05) is 19.5 Å². The highest BCUT2D eigenvalue weighted by Crippen LogP contribution is 2.19. The van der Waals surface area contributed by atoms with E-state index in [1.54, 1.807) is 6.92 Å². The number of hydrogen-bond acceptors (Lipinski definition) is 2. The fraction of sp³-hybridized carbons (Fsp3) is 0.385. The summed E-state index contributed by atoms with van der Waals surface area (Å²) in [6, 6.07) is 3.53. The van der Waals surface area contributed by atoms with Crippen molar-refractivity contribution >= 4 is 0 Å². The van der Waals surface area contributed by atoms with Crippen molar-refractivity contribution in [2.45, 2.75) is 19.4 Å². The second-order valence-corrected chi connectivity index (χ2v) is 3.53. The summed E-state index contributed by atoms with van der Waals surface area (Å²) < 4.78 is 26.6. The summed E-state index contributed by atoms with van der Waals surface area (Å²) in [5.41, 5.74) is -0.290. The van der Waals surface area contributed by atoms with Crippen LogP contribution in [0, 0.1) is 23.5 Å². The van der Waals surface area contributed by atoms with Gasteiger partial charge in [0.2, 0.25) is 0 Å². The molecule has 1 atom stereocenters. The van der Waals surface area contributed by atoms with Gasteiger partial charge in [0.15, 0.2) is 0 Å². The van der Waals surface area contributed by atoms with Crippen LogP contribution in [0.25, 0.3) is 0 Å². The van der Waals surface area contributed by atoms with E-state index in [0.29, 0.717) is 13.0 Å². The maximum absolute atomic E-state index is 13.3. The molecule has 0 spiro atoms. The Hall–Kier alpha value is -1.44. The predicted molar refractivity (Wildman–Crippen MR) is 62.3 cm³/mol. The molecule has 1 aromatic carbocycles. The minimum absolute atomic E-state index is 0.100. The average molecular weight is 239 g/mol. The molecule has 1 rings (SSSR count). The molecular formula is C13H15F2NO. The summed E-state index contributed by atoms with van der Waals surface area (Å²) in [7, 11) is 0. The first kappa shape index (κ1) is 13.6. The van der Waals surface area contributed by atoms with Crippen molar-refractivity contribution in [2.75, 3.05) is 13.1 Å². The van der Waals surface area contributed by atoms with Crippen LogP contribution in [0.1, 0.15) is 25.0 Å². The molecule has 0 bridgehead atoms. The van der Waals surface area contributed by atoms with E-state index < -0.39 is 17.7 Å². The molecule has 17 heavy (non-hydrogen) atoms. The van der Waals surface area contributed by atoms with Gasteiger partial charge in [-0.3, -0.25) is 0 Å². The topological polar surface area (TPSA) is 32.3 Å². The van der Waals surface area contributed by atoms with Crippen LogP contribution in [-0.4, -0.2) is 18.2 Å². The fourth-order valence-corrected chi connectivity index (χ4v) is 1.45. The molecule has 0 heterocycles. The van der Waals surface area contributed by atoms with Crippen LogP contribution in [0.15, 0.2) is 18.2 Å². The van der Waals surface area contributed by atoms with Crippen LogP contribution in [0.3, 0.4) is 0 Å². The van der Waals surface area contributed by atoms with Gasteiger partial charge in [0.1, 0.15) is 11.6 Å². The number of aliphatic hydroxyl groups excluding tert-OH is 1. The maximum Gasteiger partial charge on any atom is 0.131 e. The molecule has 0 aliphatic heterocycles. The summed E-state index contributed by atoms with van der Waals surface area (Å²) in [5, 5.41) is 12.5. The van der Waals surface area contributed by atoms with Gasteiger partial charge in [-0.1, -0.05) is 6.07 Å². The van der Waals surface area contributed by atoms with E-state index in [1.165, 1.54) is 6.07 Å². The number of rotatable bonds is 5. The first-order chi connectivity index (χ1) is 8.16. The molecule has 1 aromatic rings. The average Bonchev–Trinajstić information content (AvgIpc) is 2.28. The quantitative estimate of drug-likeness (QED) is 0.608. The van der Waals surface area contributed by atoms with Crippen molar-refractivity contribution in [2.24, 2.45) is 0 Å². The summed E-state index contributed by atoms with van der Waals surface area (Å²) in [4.78, 5) is 0. The molecule has 0 amide bonds. The normalized spacial score (nSPS) is 11.8. The van der Waals surface area contributed by atoms with Gasteiger partial charge in [-0.25, -0.2) is 8.78 Å². The largest absolute Gasteiger partial charge is 0.387 e. The Morgan fingerprint density at radius 2 is 2.00 bits per heavy atom. The second-order valence-electron chi connectivity index (χ2n) is 3.53. The number of hydrogen-bond donors (Lipinski definition) is 2. The lowest BCUT2D eigenvalue weighted by atomic mass is 10.1. The first-order valence-corrected chi connectivity index (χ1v) is 5.39. The third-order valence-corrected chi connectivity index (χ3v) is 2.27. The monoisotopic (exact) mass is 239 g/mol. The van der Waals surface area contributed by atoms with Crippen molar-refractivity contribution in [3.63, 3.8) is 0 Å². The van der Waals surface area contributed by atoms with Gasteiger partial charge >= 0.3 is 0 Å². The molecule has 0 fully saturated rings. The zero-order valence-corrected chi connectivity index (χ0v) is 9.63. The van der Waals surface area contributed by atoms with Gasteiger partial charge in [-0.15, -0.1) is 11.8 Å². The van der Waals surface area contributed by atoms with Crippen molar-refractivity contribution in [1.82, 2.24) is 5.32 Å². The van der Waals surface area contributed by atoms with E-state index in [4.69, 9.17) is 0 Å². The zero-order chi connectivity index (χ0) is 12.7. The summed E-state index contributed by atoms with van der Waals surface area (Å²) >= 11 is 0. The molecule has 4 heteroatoms. The lowest BCUT2D eigenvalue weighted by molar-refractivity contribution is 0.165. The molecule has 2 N–H and O–H groups in total. The van der Waals surface area contributed by atoms with Crippen LogP contribution in [0.5, 0.6) is 0 Å². The van der Waals surface area contributed by atoms with Crippen molar-refractivity contribution in [3.05, 3.63) is 35.4 Å². The Bertz CT molecular complexity index is 403. The highest BCUT2D eigenvalue weighted by Gasteiger charge is 2.16. The van der Waals surface area contributed by atoms with Crippen LogP contribution in [-0.2, 0) is 0 Å². The first-order valence-electron chi connectivity index (χ1n) is 5.39. The Labute approximate surface area is 99.7 Å². The smallest absolute Gasteiger partial charge is 0.131 e. The fourth-order valence-electron chi connectivity index (χ4n) is 1.45. The second kappa shape index (κ2) is 7.00. The molecular weight excluding hydrogens is 224 g/mol. The molecule has 2 nitrogen and oxygen atoms in total. The summed E-state index contributed by atoms with van der Waals surface area (Å²) in [5.74, 6) is 4.12. The lowest BCUT2D eigenvalue weighted by Crippen LogP contribution is -2.23. The SMILES string of the molecule is CC#CCCNCC(O)c1c(F)cccc1F. The predicted octanol–water partition coefficient (Wildman–Crippen LogP) is 2.00. The molecule has 92 valence electrons. The number of halogens is 2. The standard InChI is InChI=1S/C13H15F2NO/c1-2-3-4-8-16-9-12(17)13-10(14)6-5-7-11(13)15/h5-7,12,16-17H,4,8-9H2,1H3. The lowest BCUT2D eigenvalue weighted by Gasteiger charge is -2.13. The van der Waals surface area contributed by atoms with Crippen molar-refractivity contribution in [3.8, 4) is 11.8 Å². The molecule has 0 radical (unpaired) electrons. The van der Waals surface area contributed by atoms with Gasteiger partial charge < -0.3 is 10.4 Å². The minimum atomic E-state index is -1.19. The molecule has 0 saturated carbocycles. The van der Waals surface area contributed by atoms with E-state index >= 15 is 0 Å². The van der Waals surface area contributed by atoms with Gasteiger partial charge in [0.05, 0.1) is 11.7 Å². The van der Waals surface area contributed by atoms with E-state index in [0.717, 1.165) is 12.1 Å². The Morgan fingerprint density at radius 3 is 2.59 bits per heavy atom. The third kappa shape index (κ3) is 4.14. The molecule has 0 aliphatic rings. The van der Waals surface area contributed by atoms with E-state index in [1.807, 2.05) is 0 Å². The third-order valence-electron chi connectivity index (χ3n) is 2.27. The highest BCUT2D eigenvalue weighted by atomic mass is 19.1. The Kier molecular flexibility index (Phi) is 5.61. The van der Waals surface area contributed by atoms with Gasteiger partial charge in [-0.2, -0.15) is 0 Å². The van der Waals surface area contributed by atoms with E-state index in [2.05, 4.69) is 17.2 Å². The molecule has 0 saturated heterocycles. The summed E-state index contributed by atoms with van der Waals surface area (Å²) in [6.07, 6.45) is -0.547. The molecule has 1 unspecified atom stereocenters. The van der Waals surface area contributed by atoms with Crippen molar-refractivity contribution < 1.29 is 13.9 Å². The summed E-state index contributed by atoms with van der Waals surface area (Å²) in [6.45, 7) is 2.42. The Balaban J connectivity index is 2.51. The Morgan fingerprint density at radius 1 is 1.35 bits per heavy atom. The van der Waals surface area contributed by atoms with Crippen LogP contribution >= 0.6 is 0 Å². The maximum atomic E-state index is 13.3. The molecule has 0 aliphatic carbocycles. The highest BCUT2D eigenvalue weighted by molar-refractivity contribution is 5.22. The van der Waals surface area contributed by atoms with Crippen molar-refractivity contribution in [1.29, 1.82) is 0 Å². The van der Waals surface area contributed by atoms with Crippen LogP contribution < -0.4 is 5.32 Å².